The summed E-state index contributed by atoms with van der Waals surface area (Å²) in [6.07, 6.45) is 2.77. The molecule has 1 atom stereocenters. The van der Waals surface area contributed by atoms with Gasteiger partial charge in [-0.1, -0.05) is 24.3 Å². The van der Waals surface area contributed by atoms with Gasteiger partial charge in [-0.25, -0.2) is 4.79 Å². The maximum atomic E-state index is 11.9. The molecule has 0 radical (unpaired) electrons. The highest BCUT2D eigenvalue weighted by Gasteiger charge is 2.19. The van der Waals surface area contributed by atoms with Crippen LogP contribution in [0, 0.1) is 0 Å². The van der Waals surface area contributed by atoms with Gasteiger partial charge in [0.1, 0.15) is 6.04 Å². The minimum Gasteiger partial charge on any atom is -0.480 e. The molecule has 1 aromatic carbocycles. The lowest BCUT2D eigenvalue weighted by Gasteiger charge is -2.13. The van der Waals surface area contributed by atoms with Crippen molar-refractivity contribution in [3.05, 3.63) is 48.9 Å². The standard InChI is InChI=1S/C17H19N3O4/c1-2-3-9-13(17(22)23)18-14(21)10-11-15-19-20-16(24-15)12-7-5-4-6-8-12/h2,4-8,13H,1,3,9-11H2,(H,18,21)(H,22,23). The highest BCUT2D eigenvalue weighted by molar-refractivity contribution is 5.83. The zero-order chi connectivity index (χ0) is 17.4. The van der Waals surface area contributed by atoms with Crippen molar-refractivity contribution in [2.24, 2.45) is 0 Å². The molecule has 0 saturated carbocycles. The molecule has 2 rings (SSSR count). The lowest BCUT2D eigenvalue weighted by molar-refractivity contribution is -0.142. The molecular weight excluding hydrogens is 310 g/mol. The van der Waals surface area contributed by atoms with Crippen LogP contribution in [0.3, 0.4) is 0 Å². The van der Waals surface area contributed by atoms with Gasteiger partial charge in [-0.15, -0.1) is 16.8 Å². The van der Waals surface area contributed by atoms with Crippen LogP contribution in [-0.4, -0.2) is 33.2 Å². The van der Waals surface area contributed by atoms with Crippen molar-refractivity contribution in [3.63, 3.8) is 0 Å². The number of hydrogen-bond donors (Lipinski definition) is 2. The summed E-state index contributed by atoms with van der Waals surface area (Å²) in [5.41, 5.74) is 0.802. The number of rotatable bonds is 9. The van der Waals surface area contributed by atoms with E-state index >= 15 is 0 Å². The van der Waals surface area contributed by atoms with Crippen LogP contribution in [0.15, 0.2) is 47.4 Å². The average Bonchev–Trinajstić information content (AvgIpc) is 3.06. The molecule has 126 valence electrons. The van der Waals surface area contributed by atoms with E-state index in [-0.39, 0.29) is 18.7 Å². The molecule has 0 spiro atoms. The van der Waals surface area contributed by atoms with Gasteiger partial charge in [0.25, 0.3) is 0 Å². The van der Waals surface area contributed by atoms with Gasteiger partial charge in [-0.3, -0.25) is 4.79 Å². The van der Waals surface area contributed by atoms with Gasteiger partial charge in [-0.05, 0) is 25.0 Å². The highest BCUT2D eigenvalue weighted by atomic mass is 16.4. The van der Waals surface area contributed by atoms with Crippen LogP contribution in [0.5, 0.6) is 0 Å². The van der Waals surface area contributed by atoms with Crippen LogP contribution in [0.4, 0.5) is 0 Å². The summed E-state index contributed by atoms with van der Waals surface area (Å²) in [5, 5.41) is 19.4. The maximum absolute atomic E-state index is 11.9. The van der Waals surface area contributed by atoms with Crippen molar-refractivity contribution in [3.8, 4) is 11.5 Å². The molecule has 0 bridgehead atoms. The van der Waals surface area contributed by atoms with E-state index in [0.717, 1.165) is 5.56 Å². The number of carbonyl (C=O) groups is 2. The Balaban J connectivity index is 1.86. The Morgan fingerprint density at radius 1 is 1.29 bits per heavy atom. The molecular formula is C17H19N3O4. The van der Waals surface area contributed by atoms with E-state index in [2.05, 4.69) is 22.1 Å². The van der Waals surface area contributed by atoms with Crippen molar-refractivity contribution in [2.75, 3.05) is 0 Å². The normalized spacial score (nSPS) is 11.7. The molecule has 1 unspecified atom stereocenters. The zero-order valence-corrected chi connectivity index (χ0v) is 13.1. The summed E-state index contributed by atoms with van der Waals surface area (Å²) < 4.78 is 5.51. The molecule has 24 heavy (non-hydrogen) atoms. The first kappa shape index (κ1) is 17.4. The summed E-state index contributed by atoms with van der Waals surface area (Å²) >= 11 is 0. The van der Waals surface area contributed by atoms with E-state index in [1.165, 1.54) is 0 Å². The van der Waals surface area contributed by atoms with Crippen LogP contribution in [0.2, 0.25) is 0 Å². The molecule has 0 saturated heterocycles. The zero-order valence-electron chi connectivity index (χ0n) is 13.1. The monoisotopic (exact) mass is 329 g/mol. The third-order valence-corrected chi connectivity index (χ3v) is 3.35. The second kappa shape index (κ2) is 8.61. The molecule has 7 heteroatoms. The number of carbonyl (C=O) groups excluding carboxylic acids is 1. The van der Waals surface area contributed by atoms with E-state index in [4.69, 9.17) is 9.52 Å². The SMILES string of the molecule is C=CCCC(NC(=O)CCc1nnc(-c2ccccc2)o1)C(=O)O. The van der Waals surface area contributed by atoms with Crippen molar-refractivity contribution in [1.29, 1.82) is 0 Å². The van der Waals surface area contributed by atoms with E-state index in [1.54, 1.807) is 6.08 Å². The summed E-state index contributed by atoms with van der Waals surface area (Å²) in [7, 11) is 0. The maximum Gasteiger partial charge on any atom is 0.326 e. The Morgan fingerprint density at radius 2 is 2.04 bits per heavy atom. The van der Waals surface area contributed by atoms with Crippen LogP contribution < -0.4 is 5.32 Å². The topological polar surface area (TPSA) is 105 Å². The van der Waals surface area contributed by atoms with Gasteiger partial charge < -0.3 is 14.8 Å². The fourth-order valence-electron chi connectivity index (χ4n) is 2.08. The number of nitrogens with zero attached hydrogens (tertiary/aromatic N) is 2. The number of benzene rings is 1. The quantitative estimate of drug-likeness (QED) is 0.683. The van der Waals surface area contributed by atoms with Gasteiger partial charge in [0, 0.05) is 18.4 Å². The molecule has 7 nitrogen and oxygen atoms in total. The number of aryl methyl sites for hydroxylation is 1. The Morgan fingerprint density at radius 3 is 2.71 bits per heavy atom. The van der Waals surface area contributed by atoms with Crippen LogP contribution in [0.25, 0.3) is 11.5 Å². The Labute approximate surface area is 139 Å². The lowest BCUT2D eigenvalue weighted by atomic mass is 10.1. The number of carboxylic acids is 1. The molecule has 0 fully saturated rings. The molecule has 1 aromatic heterocycles. The van der Waals surface area contributed by atoms with Crippen molar-refractivity contribution in [2.45, 2.75) is 31.7 Å². The molecule has 2 N–H and O–H groups in total. The fourth-order valence-corrected chi connectivity index (χ4v) is 2.08. The minimum atomic E-state index is -1.06. The summed E-state index contributed by atoms with van der Waals surface area (Å²) in [6.45, 7) is 3.54. The smallest absolute Gasteiger partial charge is 0.326 e. The molecule has 0 aliphatic rings. The van der Waals surface area contributed by atoms with Gasteiger partial charge >= 0.3 is 5.97 Å². The van der Waals surface area contributed by atoms with Crippen molar-refractivity contribution < 1.29 is 19.1 Å². The van der Waals surface area contributed by atoms with Crippen molar-refractivity contribution >= 4 is 11.9 Å². The van der Waals surface area contributed by atoms with E-state index in [0.29, 0.717) is 24.6 Å². The van der Waals surface area contributed by atoms with E-state index in [1.807, 2.05) is 30.3 Å². The Hall–Kier alpha value is -2.96. The summed E-state index contributed by atoms with van der Waals surface area (Å²) in [5.74, 6) is -0.706. The largest absolute Gasteiger partial charge is 0.480 e. The predicted octanol–water partition coefficient (Wildman–Crippen LogP) is 2.20. The number of aromatic nitrogens is 2. The number of carboxylic acid groups (broad SMARTS) is 1. The molecule has 2 aromatic rings. The van der Waals surface area contributed by atoms with E-state index < -0.39 is 12.0 Å². The molecule has 0 aliphatic carbocycles. The van der Waals surface area contributed by atoms with Gasteiger partial charge in [-0.2, -0.15) is 0 Å². The second-order valence-electron chi connectivity index (χ2n) is 5.19. The summed E-state index contributed by atoms with van der Waals surface area (Å²) in [4.78, 5) is 23.0. The molecule has 1 amide bonds. The van der Waals surface area contributed by atoms with Crippen molar-refractivity contribution in [1.82, 2.24) is 15.5 Å². The minimum absolute atomic E-state index is 0.0777. The number of allylic oxidation sites excluding steroid dienone is 1. The highest BCUT2D eigenvalue weighted by Crippen LogP contribution is 2.17. The third-order valence-electron chi connectivity index (χ3n) is 3.35. The van der Waals surface area contributed by atoms with Crippen LogP contribution >= 0.6 is 0 Å². The number of aliphatic carboxylic acids is 1. The third kappa shape index (κ3) is 5.05. The van der Waals surface area contributed by atoms with Gasteiger partial charge in [0.2, 0.25) is 17.7 Å². The molecule has 0 aliphatic heterocycles. The van der Waals surface area contributed by atoms with Crippen LogP contribution in [-0.2, 0) is 16.0 Å². The number of nitrogens with one attached hydrogen (secondary N) is 1. The fraction of sp³-hybridized carbons (Fsp3) is 0.294. The number of amides is 1. The second-order valence-corrected chi connectivity index (χ2v) is 5.19. The van der Waals surface area contributed by atoms with Crippen LogP contribution in [0.1, 0.15) is 25.2 Å². The number of hydrogen-bond acceptors (Lipinski definition) is 5. The Bertz CT molecular complexity index is 697. The predicted molar refractivity (Wildman–Crippen MR) is 87.1 cm³/mol. The first-order valence-electron chi connectivity index (χ1n) is 7.61. The Kier molecular flexibility index (Phi) is 6.24. The van der Waals surface area contributed by atoms with E-state index in [9.17, 15) is 9.59 Å². The van der Waals surface area contributed by atoms with Gasteiger partial charge in [0.15, 0.2) is 0 Å². The first-order chi connectivity index (χ1) is 11.6. The molecule has 1 heterocycles. The average molecular weight is 329 g/mol. The summed E-state index contributed by atoms with van der Waals surface area (Å²) in [6, 6.07) is 8.39. The lowest BCUT2D eigenvalue weighted by Crippen LogP contribution is -2.40. The first-order valence-corrected chi connectivity index (χ1v) is 7.61. The van der Waals surface area contributed by atoms with Gasteiger partial charge in [0.05, 0.1) is 0 Å².